The fourth-order valence-corrected chi connectivity index (χ4v) is 2.13. The number of amides is 1. The third-order valence-electron chi connectivity index (χ3n) is 2.82. The highest BCUT2D eigenvalue weighted by atomic mass is 79.9. The van der Waals surface area contributed by atoms with Crippen LogP contribution in [0, 0.1) is 17.0 Å². The summed E-state index contributed by atoms with van der Waals surface area (Å²) >= 11 is 3.11. The molecule has 0 saturated heterocycles. The number of nitro benzene ring substituents is 1. The van der Waals surface area contributed by atoms with E-state index in [1.807, 2.05) is 0 Å². The van der Waals surface area contributed by atoms with E-state index in [1.165, 1.54) is 18.3 Å². The van der Waals surface area contributed by atoms with E-state index in [0.717, 1.165) is 11.9 Å². The van der Waals surface area contributed by atoms with Crippen LogP contribution in [0.15, 0.2) is 40.0 Å². The standard InChI is InChI=1S/C14H11BrN4O4/c1-8-2-3-9(6-16-8)14(21)18-17-7-10-4-11(15)5-12(13(10)20)19(22)23/h2-7,20H,1H3,(H,18,21)/b17-7+. The number of benzene rings is 1. The van der Waals surface area contributed by atoms with Gasteiger partial charge in [-0.2, -0.15) is 5.10 Å². The quantitative estimate of drug-likeness (QED) is 0.481. The summed E-state index contributed by atoms with van der Waals surface area (Å²) in [5.41, 5.74) is 2.98. The molecule has 1 aromatic heterocycles. The Morgan fingerprint density at radius 2 is 2.22 bits per heavy atom. The van der Waals surface area contributed by atoms with Crippen molar-refractivity contribution in [3.05, 3.63) is 61.9 Å². The number of halogens is 1. The van der Waals surface area contributed by atoms with Crippen LogP contribution in [0.4, 0.5) is 5.69 Å². The number of hydrazone groups is 1. The maximum atomic E-state index is 11.8. The second kappa shape index (κ2) is 6.97. The molecule has 0 fully saturated rings. The average Bonchev–Trinajstić information content (AvgIpc) is 2.50. The summed E-state index contributed by atoms with van der Waals surface area (Å²) < 4.78 is 0.400. The number of hydrogen-bond acceptors (Lipinski definition) is 6. The Morgan fingerprint density at radius 3 is 2.83 bits per heavy atom. The van der Waals surface area contributed by atoms with Crippen LogP contribution in [-0.2, 0) is 0 Å². The molecule has 0 spiro atoms. The second-order valence-electron chi connectivity index (χ2n) is 4.51. The first kappa shape index (κ1) is 16.6. The van der Waals surface area contributed by atoms with Gasteiger partial charge in [-0.05, 0) is 25.1 Å². The maximum Gasteiger partial charge on any atom is 0.312 e. The number of nitrogens with one attached hydrogen (secondary N) is 1. The van der Waals surface area contributed by atoms with E-state index < -0.39 is 22.3 Å². The number of hydrogen-bond donors (Lipinski definition) is 2. The molecular weight excluding hydrogens is 368 g/mol. The highest BCUT2D eigenvalue weighted by molar-refractivity contribution is 9.10. The zero-order valence-corrected chi connectivity index (χ0v) is 13.4. The first-order chi connectivity index (χ1) is 10.9. The van der Waals surface area contributed by atoms with Crippen LogP contribution in [0.1, 0.15) is 21.6 Å². The molecule has 0 bridgehead atoms. The molecule has 9 heteroatoms. The van der Waals surface area contributed by atoms with Crippen molar-refractivity contribution in [3.63, 3.8) is 0 Å². The van der Waals surface area contributed by atoms with Crippen molar-refractivity contribution in [2.45, 2.75) is 6.92 Å². The number of rotatable bonds is 4. The fourth-order valence-electron chi connectivity index (χ4n) is 1.67. The van der Waals surface area contributed by atoms with E-state index >= 15 is 0 Å². The summed E-state index contributed by atoms with van der Waals surface area (Å²) in [6.45, 7) is 1.79. The molecule has 2 rings (SSSR count). The van der Waals surface area contributed by atoms with Crippen molar-refractivity contribution < 1.29 is 14.8 Å². The Labute approximate surface area is 139 Å². The number of pyridine rings is 1. The number of phenolic OH excluding ortho intramolecular Hbond substituents is 1. The van der Waals surface area contributed by atoms with Crippen molar-refractivity contribution in [2.75, 3.05) is 0 Å². The molecule has 118 valence electrons. The SMILES string of the molecule is Cc1ccc(C(=O)N/N=C/c2cc(Br)cc([N+](=O)[O-])c2O)cn1. The summed E-state index contributed by atoms with van der Waals surface area (Å²) in [5.74, 6) is -1.02. The lowest BCUT2D eigenvalue weighted by Crippen LogP contribution is -2.17. The minimum Gasteiger partial charge on any atom is -0.502 e. The van der Waals surface area contributed by atoms with Gasteiger partial charge in [-0.25, -0.2) is 5.43 Å². The van der Waals surface area contributed by atoms with Crippen molar-refractivity contribution in [1.82, 2.24) is 10.4 Å². The van der Waals surface area contributed by atoms with Gasteiger partial charge in [-0.1, -0.05) is 15.9 Å². The molecule has 1 heterocycles. The van der Waals surface area contributed by atoms with Crippen LogP contribution in [0.5, 0.6) is 5.75 Å². The number of aromatic hydroxyl groups is 1. The number of nitro groups is 1. The molecule has 23 heavy (non-hydrogen) atoms. The van der Waals surface area contributed by atoms with Crippen molar-refractivity contribution in [2.24, 2.45) is 5.10 Å². The van der Waals surface area contributed by atoms with E-state index in [2.05, 4.69) is 31.4 Å². The van der Waals surface area contributed by atoms with E-state index in [1.54, 1.807) is 19.1 Å². The largest absolute Gasteiger partial charge is 0.502 e. The molecule has 1 amide bonds. The summed E-state index contributed by atoms with van der Waals surface area (Å²) in [5, 5.41) is 24.3. The lowest BCUT2D eigenvalue weighted by Gasteiger charge is -2.02. The third-order valence-corrected chi connectivity index (χ3v) is 3.28. The van der Waals surface area contributed by atoms with Gasteiger partial charge < -0.3 is 5.11 Å². The van der Waals surface area contributed by atoms with Crippen LogP contribution in [0.25, 0.3) is 0 Å². The number of aryl methyl sites for hydroxylation is 1. The number of carbonyl (C=O) groups excluding carboxylic acids is 1. The third kappa shape index (κ3) is 4.10. The lowest BCUT2D eigenvalue weighted by molar-refractivity contribution is -0.385. The Hall–Kier alpha value is -2.81. The molecule has 1 aromatic carbocycles. The molecule has 0 unspecified atom stereocenters. The monoisotopic (exact) mass is 378 g/mol. The Bertz CT molecular complexity index is 790. The molecule has 0 aliphatic heterocycles. The summed E-state index contributed by atoms with van der Waals surface area (Å²) in [7, 11) is 0. The van der Waals surface area contributed by atoms with E-state index in [9.17, 15) is 20.0 Å². The number of aromatic nitrogens is 1. The Kier molecular flexibility index (Phi) is 5.02. The van der Waals surface area contributed by atoms with E-state index in [0.29, 0.717) is 10.0 Å². The minimum absolute atomic E-state index is 0.0911. The van der Waals surface area contributed by atoms with Crippen molar-refractivity contribution in [1.29, 1.82) is 0 Å². The molecular formula is C14H11BrN4O4. The van der Waals surface area contributed by atoms with E-state index in [-0.39, 0.29) is 5.56 Å². The smallest absolute Gasteiger partial charge is 0.312 e. The van der Waals surface area contributed by atoms with Gasteiger partial charge in [0, 0.05) is 28.0 Å². The number of phenols is 1. The van der Waals surface area contributed by atoms with Gasteiger partial charge in [0.1, 0.15) is 0 Å². The van der Waals surface area contributed by atoms with Gasteiger partial charge in [-0.3, -0.25) is 19.9 Å². The highest BCUT2D eigenvalue weighted by Crippen LogP contribution is 2.32. The molecule has 0 aliphatic rings. The van der Waals surface area contributed by atoms with Crippen LogP contribution in [0.2, 0.25) is 0 Å². The van der Waals surface area contributed by atoms with Gasteiger partial charge in [0.15, 0.2) is 0 Å². The molecule has 0 saturated carbocycles. The molecule has 0 radical (unpaired) electrons. The molecule has 8 nitrogen and oxygen atoms in total. The Morgan fingerprint density at radius 1 is 1.48 bits per heavy atom. The predicted molar refractivity (Wildman–Crippen MR) is 86.5 cm³/mol. The molecule has 2 N–H and O–H groups in total. The highest BCUT2D eigenvalue weighted by Gasteiger charge is 2.17. The van der Waals surface area contributed by atoms with Crippen molar-refractivity contribution in [3.8, 4) is 5.75 Å². The van der Waals surface area contributed by atoms with Gasteiger partial charge in [0.25, 0.3) is 5.91 Å². The molecule has 0 atom stereocenters. The average molecular weight is 379 g/mol. The zero-order chi connectivity index (χ0) is 17.0. The summed E-state index contributed by atoms with van der Waals surface area (Å²) in [6, 6.07) is 5.88. The number of carbonyl (C=O) groups is 1. The summed E-state index contributed by atoms with van der Waals surface area (Å²) in [4.78, 5) is 25.9. The van der Waals surface area contributed by atoms with Crippen LogP contribution >= 0.6 is 15.9 Å². The number of nitrogens with zero attached hydrogens (tertiary/aromatic N) is 3. The van der Waals surface area contributed by atoms with E-state index in [4.69, 9.17) is 0 Å². The minimum atomic E-state index is -0.714. The van der Waals surface area contributed by atoms with Crippen LogP contribution in [0.3, 0.4) is 0 Å². The predicted octanol–water partition coefficient (Wildman–Crippen LogP) is 2.53. The first-order valence-corrected chi connectivity index (χ1v) is 7.10. The van der Waals surface area contributed by atoms with Crippen LogP contribution in [-0.4, -0.2) is 27.1 Å². The van der Waals surface area contributed by atoms with Gasteiger partial charge in [0.2, 0.25) is 5.75 Å². The summed E-state index contributed by atoms with van der Waals surface area (Å²) in [6.07, 6.45) is 2.52. The van der Waals surface area contributed by atoms with Gasteiger partial charge in [0.05, 0.1) is 16.7 Å². The molecule has 0 aliphatic carbocycles. The Balaban J connectivity index is 2.16. The van der Waals surface area contributed by atoms with Gasteiger partial charge in [-0.15, -0.1) is 0 Å². The van der Waals surface area contributed by atoms with Gasteiger partial charge >= 0.3 is 5.69 Å². The second-order valence-corrected chi connectivity index (χ2v) is 5.42. The zero-order valence-electron chi connectivity index (χ0n) is 11.9. The first-order valence-electron chi connectivity index (χ1n) is 6.31. The van der Waals surface area contributed by atoms with Crippen LogP contribution < -0.4 is 5.43 Å². The molecule has 2 aromatic rings. The normalized spacial score (nSPS) is 10.7. The maximum absolute atomic E-state index is 11.8. The lowest BCUT2D eigenvalue weighted by atomic mass is 10.2. The van der Waals surface area contributed by atoms with Crippen molar-refractivity contribution >= 4 is 33.7 Å². The fraction of sp³-hybridized carbons (Fsp3) is 0.0714. The topological polar surface area (TPSA) is 118 Å².